The Bertz CT molecular complexity index is 1780. The van der Waals surface area contributed by atoms with E-state index in [1.807, 2.05) is 41.8 Å². The Labute approximate surface area is 238 Å². The summed E-state index contributed by atoms with van der Waals surface area (Å²) < 4.78 is 60.0. The van der Waals surface area contributed by atoms with Crippen molar-refractivity contribution < 1.29 is 26.4 Å². The van der Waals surface area contributed by atoms with Crippen LogP contribution in [0.25, 0.3) is 10.2 Å². The van der Waals surface area contributed by atoms with Crippen LogP contribution in [0.15, 0.2) is 87.6 Å². The monoisotopic (exact) mass is 601 g/mol. The molecule has 0 spiro atoms. The third-order valence-corrected chi connectivity index (χ3v) is 10.3. The van der Waals surface area contributed by atoms with Crippen LogP contribution in [0, 0.1) is 0 Å². The van der Waals surface area contributed by atoms with Gasteiger partial charge in [-0.25, -0.2) is 16.8 Å². The lowest BCUT2D eigenvalue weighted by Crippen LogP contribution is -2.30. The van der Waals surface area contributed by atoms with Gasteiger partial charge in [0.2, 0.25) is 10.0 Å². The van der Waals surface area contributed by atoms with Crippen molar-refractivity contribution >= 4 is 47.3 Å². The van der Waals surface area contributed by atoms with Crippen molar-refractivity contribution in [3.63, 3.8) is 0 Å². The molecule has 0 atom stereocenters. The van der Waals surface area contributed by atoms with Crippen molar-refractivity contribution in [3.05, 3.63) is 88.7 Å². The Hall–Kier alpha value is -3.16. The summed E-state index contributed by atoms with van der Waals surface area (Å²) in [5.74, 6) is -0.541. The summed E-state index contributed by atoms with van der Waals surface area (Å²) in [6, 6.07) is 19.9. The maximum atomic E-state index is 13.3. The maximum absolute atomic E-state index is 13.3. The van der Waals surface area contributed by atoms with E-state index < -0.39 is 25.8 Å². The second kappa shape index (κ2) is 12.6. The van der Waals surface area contributed by atoms with E-state index in [4.69, 9.17) is 4.74 Å². The van der Waals surface area contributed by atoms with E-state index in [2.05, 4.69) is 4.99 Å². The van der Waals surface area contributed by atoms with E-state index in [-0.39, 0.29) is 21.9 Å². The van der Waals surface area contributed by atoms with Gasteiger partial charge in [-0.2, -0.15) is 9.30 Å². The number of nitrogens with zero attached hydrogens (tertiary/aromatic N) is 3. The molecule has 12 heteroatoms. The summed E-state index contributed by atoms with van der Waals surface area (Å²) in [6.07, 6.45) is 1.14. The summed E-state index contributed by atoms with van der Waals surface area (Å²) in [4.78, 5) is 18.1. The zero-order valence-corrected chi connectivity index (χ0v) is 24.9. The van der Waals surface area contributed by atoms with Crippen molar-refractivity contribution in [1.29, 1.82) is 0 Å². The minimum Gasteiger partial charge on any atom is -0.380 e. The van der Waals surface area contributed by atoms with E-state index in [1.54, 1.807) is 19.1 Å². The second-order valence-corrected chi connectivity index (χ2v) is 14.0. The number of sulfonamides is 1. The van der Waals surface area contributed by atoms with Gasteiger partial charge in [-0.15, -0.1) is 0 Å². The molecule has 0 fully saturated rings. The van der Waals surface area contributed by atoms with Gasteiger partial charge in [0.1, 0.15) is 0 Å². The van der Waals surface area contributed by atoms with Gasteiger partial charge in [0.15, 0.2) is 14.6 Å². The molecule has 0 unspecified atom stereocenters. The van der Waals surface area contributed by atoms with Gasteiger partial charge in [-0.1, -0.05) is 48.6 Å². The van der Waals surface area contributed by atoms with E-state index in [0.717, 1.165) is 17.3 Å². The van der Waals surface area contributed by atoms with E-state index in [1.165, 1.54) is 46.0 Å². The number of fused-ring (bicyclic) bond motifs is 1. The van der Waals surface area contributed by atoms with Gasteiger partial charge in [0.05, 0.1) is 26.6 Å². The molecule has 0 N–H and O–H groups in total. The smallest absolute Gasteiger partial charge is 0.279 e. The van der Waals surface area contributed by atoms with Crippen LogP contribution in [0.2, 0.25) is 0 Å². The van der Waals surface area contributed by atoms with Gasteiger partial charge in [0, 0.05) is 38.1 Å². The number of carbonyl (C=O) groups is 1. The Morgan fingerprint density at radius 3 is 2.25 bits per heavy atom. The third-order valence-electron chi connectivity index (χ3n) is 6.24. The van der Waals surface area contributed by atoms with Crippen molar-refractivity contribution in [2.45, 2.75) is 36.7 Å². The average Bonchev–Trinajstić information content (AvgIpc) is 3.28. The minimum absolute atomic E-state index is 0.0868. The zero-order chi connectivity index (χ0) is 28.9. The number of sulfone groups is 1. The summed E-state index contributed by atoms with van der Waals surface area (Å²) in [6.45, 7) is 5.54. The highest BCUT2D eigenvalue weighted by Gasteiger charge is 2.23. The van der Waals surface area contributed by atoms with E-state index >= 15 is 0 Å². The van der Waals surface area contributed by atoms with Crippen molar-refractivity contribution in [2.24, 2.45) is 4.99 Å². The molecule has 0 radical (unpaired) electrons. The lowest BCUT2D eigenvalue weighted by molar-refractivity contribution is 0.0996. The first-order valence-corrected chi connectivity index (χ1v) is 16.8. The second-order valence-electron chi connectivity index (χ2n) is 8.99. The van der Waals surface area contributed by atoms with Crippen LogP contribution in [0.4, 0.5) is 0 Å². The number of aromatic nitrogens is 1. The topological polar surface area (TPSA) is 115 Å². The quantitative estimate of drug-likeness (QED) is 0.239. The number of hydrogen-bond acceptors (Lipinski definition) is 7. The Balaban J connectivity index is 1.65. The van der Waals surface area contributed by atoms with Crippen LogP contribution in [-0.4, -0.2) is 57.6 Å². The molecule has 4 rings (SSSR count). The number of rotatable bonds is 11. The summed E-state index contributed by atoms with van der Waals surface area (Å²) in [5, 5.41) is 0. The molecular weight excluding hydrogens is 571 g/mol. The highest BCUT2D eigenvalue weighted by atomic mass is 32.2. The molecule has 0 aliphatic carbocycles. The molecule has 0 saturated heterocycles. The van der Waals surface area contributed by atoms with Crippen LogP contribution >= 0.6 is 11.3 Å². The van der Waals surface area contributed by atoms with Crippen LogP contribution in [0.5, 0.6) is 0 Å². The van der Waals surface area contributed by atoms with Crippen molar-refractivity contribution in [3.8, 4) is 0 Å². The number of amides is 1. The summed E-state index contributed by atoms with van der Waals surface area (Å²) >= 11 is 1.20. The largest absolute Gasteiger partial charge is 0.380 e. The van der Waals surface area contributed by atoms with Crippen molar-refractivity contribution in [2.75, 3.05) is 26.0 Å². The predicted molar refractivity (Wildman–Crippen MR) is 155 cm³/mol. The summed E-state index contributed by atoms with van der Waals surface area (Å²) in [7, 11) is -7.18. The fraction of sp³-hybridized carbons (Fsp3) is 0.286. The predicted octanol–water partition coefficient (Wildman–Crippen LogP) is 4.09. The molecule has 0 bridgehead atoms. The molecule has 40 heavy (non-hydrogen) atoms. The standard InChI is InChI=1S/C28H31N3O6S3/c1-4-30(20-21-9-7-6-8-10-21)40(35,36)23-13-11-22(12-14-23)27(32)29-28-31(17-18-37-5-2)25-16-15-24(39(3,33)34)19-26(25)38-28/h6-16,19H,4-5,17-18,20H2,1-3H3. The molecule has 0 aliphatic rings. The molecular formula is C28H31N3O6S3. The summed E-state index contributed by atoms with van der Waals surface area (Å²) in [5.41, 5.74) is 1.85. The maximum Gasteiger partial charge on any atom is 0.279 e. The first-order chi connectivity index (χ1) is 19.0. The van der Waals surface area contributed by atoms with Gasteiger partial charge in [-0.05, 0) is 55.0 Å². The lowest BCUT2D eigenvalue weighted by atomic mass is 10.2. The first-order valence-electron chi connectivity index (χ1n) is 12.7. The minimum atomic E-state index is -3.78. The fourth-order valence-corrected chi connectivity index (χ4v) is 7.36. The molecule has 212 valence electrons. The molecule has 4 aromatic rings. The third kappa shape index (κ3) is 6.76. The zero-order valence-electron chi connectivity index (χ0n) is 22.5. The van der Waals surface area contributed by atoms with Gasteiger partial charge >= 0.3 is 0 Å². The molecule has 9 nitrogen and oxygen atoms in total. The average molecular weight is 602 g/mol. The van der Waals surface area contributed by atoms with Gasteiger partial charge in [-0.3, -0.25) is 4.79 Å². The highest BCUT2D eigenvalue weighted by molar-refractivity contribution is 7.90. The normalized spacial score (nSPS) is 12.8. The SMILES string of the molecule is CCOCCn1c(=NC(=O)c2ccc(S(=O)(=O)N(CC)Cc3ccccc3)cc2)sc2cc(S(C)(=O)=O)ccc21. The number of hydrogen-bond donors (Lipinski definition) is 0. The fourth-order valence-electron chi connectivity index (χ4n) is 4.11. The molecule has 3 aromatic carbocycles. The van der Waals surface area contributed by atoms with Crippen LogP contribution < -0.4 is 4.80 Å². The van der Waals surface area contributed by atoms with E-state index in [0.29, 0.717) is 35.8 Å². The van der Waals surface area contributed by atoms with Gasteiger partial charge < -0.3 is 9.30 Å². The highest BCUT2D eigenvalue weighted by Crippen LogP contribution is 2.23. The number of ether oxygens (including phenoxy) is 1. The molecule has 0 aliphatic heterocycles. The first kappa shape index (κ1) is 29.8. The van der Waals surface area contributed by atoms with Crippen LogP contribution in [-0.2, 0) is 37.7 Å². The Kier molecular flexibility index (Phi) is 9.37. The Morgan fingerprint density at radius 1 is 0.950 bits per heavy atom. The van der Waals surface area contributed by atoms with Crippen molar-refractivity contribution in [1.82, 2.24) is 8.87 Å². The Morgan fingerprint density at radius 2 is 1.62 bits per heavy atom. The van der Waals surface area contributed by atoms with Crippen LogP contribution in [0.1, 0.15) is 29.8 Å². The molecule has 1 amide bonds. The molecule has 0 saturated carbocycles. The van der Waals surface area contributed by atoms with E-state index in [9.17, 15) is 21.6 Å². The molecule has 1 aromatic heterocycles. The van der Waals surface area contributed by atoms with Gasteiger partial charge in [0.25, 0.3) is 5.91 Å². The number of thiazole rings is 1. The van der Waals surface area contributed by atoms with Crippen LogP contribution in [0.3, 0.4) is 0 Å². The number of carbonyl (C=O) groups excluding carboxylic acids is 1. The molecule has 1 heterocycles. The lowest BCUT2D eigenvalue weighted by Gasteiger charge is -2.20. The number of benzene rings is 3.